The van der Waals surface area contributed by atoms with Crippen molar-refractivity contribution >= 4 is 39.8 Å². The number of non-ortho nitro benzene ring substituents is 1. The van der Waals surface area contributed by atoms with Gasteiger partial charge in [-0.3, -0.25) is 24.3 Å². The number of amides is 1. The number of likely N-dealkylation sites (N-methyl/N-ethyl adjacent to an activating group) is 1. The van der Waals surface area contributed by atoms with Crippen molar-refractivity contribution in [3.8, 4) is 5.75 Å². The van der Waals surface area contributed by atoms with Crippen molar-refractivity contribution < 1.29 is 14.5 Å². The SMILES string of the molecule is CCN(CC)C(=O)C1=C(C)N=c2s/c(=C/c3cccc([N+](=O)[O-])c3)c(=O)n2[C@@H]1c1c(OC)ccc2ccccc12. The summed E-state index contributed by atoms with van der Waals surface area (Å²) in [6.45, 7) is 6.63. The summed E-state index contributed by atoms with van der Waals surface area (Å²) in [6, 6.07) is 16.9. The minimum Gasteiger partial charge on any atom is -0.496 e. The number of nitro groups is 1. The van der Waals surface area contributed by atoms with Crippen LogP contribution in [0.4, 0.5) is 5.69 Å². The zero-order chi connectivity index (χ0) is 28.6. The number of aromatic nitrogens is 1. The Morgan fingerprint density at radius 1 is 1.15 bits per heavy atom. The first-order chi connectivity index (χ1) is 19.3. The van der Waals surface area contributed by atoms with Crippen LogP contribution < -0.4 is 19.6 Å². The van der Waals surface area contributed by atoms with Crippen LogP contribution in [0.25, 0.3) is 16.8 Å². The van der Waals surface area contributed by atoms with Gasteiger partial charge in [0.25, 0.3) is 17.2 Å². The molecule has 0 aliphatic carbocycles. The number of carbonyl (C=O) groups is 1. The highest BCUT2D eigenvalue weighted by Gasteiger charge is 2.36. The summed E-state index contributed by atoms with van der Waals surface area (Å²) in [5.41, 5.74) is 1.76. The number of benzene rings is 3. The number of allylic oxidation sites excluding steroid dienone is 1. The molecule has 1 atom stereocenters. The van der Waals surface area contributed by atoms with E-state index in [4.69, 9.17) is 9.73 Å². The van der Waals surface area contributed by atoms with Gasteiger partial charge in [0.1, 0.15) is 11.8 Å². The fourth-order valence-electron chi connectivity index (χ4n) is 5.16. The summed E-state index contributed by atoms with van der Waals surface area (Å²) in [5.74, 6) is 0.357. The van der Waals surface area contributed by atoms with E-state index in [9.17, 15) is 19.7 Å². The lowest BCUT2D eigenvalue weighted by Gasteiger charge is -2.30. The molecule has 1 aromatic heterocycles. The lowest BCUT2D eigenvalue weighted by Crippen LogP contribution is -2.43. The monoisotopic (exact) mass is 556 g/mol. The summed E-state index contributed by atoms with van der Waals surface area (Å²) in [5, 5.41) is 13.1. The third-order valence-corrected chi connectivity index (χ3v) is 8.09. The highest BCUT2D eigenvalue weighted by atomic mass is 32.1. The molecule has 4 aromatic rings. The molecule has 0 spiro atoms. The number of methoxy groups -OCH3 is 1. The number of fused-ring (bicyclic) bond motifs is 2. The van der Waals surface area contributed by atoms with Crippen molar-refractivity contribution in [2.45, 2.75) is 26.8 Å². The van der Waals surface area contributed by atoms with Crippen LogP contribution in [0, 0.1) is 10.1 Å². The Bertz CT molecular complexity index is 1870. The Hall–Kier alpha value is -4.57. The van der Waals surface area contributed by atoms with Gasteiger partial charge >= 0.3 is 0 Å². The van der Waals surface area contributed by atoms with Crippen molar-refractivity contribution in [1.82, 2.24) is 9.47 Å². The second-order valence-corrected chi connectivity index (χ2v) is 10.3. The van der Waals surface area contributed by atoms with Gasteiger partial charge in [-0.2, -0.15) is 0 Å². The minimum absolute atomic E-state index is 0.0668. The van der Waals surface area contributed by atoms with E-state index < -0.39 is 11.0 Å². The van der Waals surface area contributed by atoms with E-state index in [0.717, 1.165) is 10.8 Å². The molecule has 0 N–H and O–H groups in total. The van der Waals surface area contributed by atoms with Gasteiger partial charge < -0.3 is 9.64 Å². The van der Waals surface area contributed by atoms with Crippen LogP contribution in [0.5, 0.6) is 5.75 Å². The zero-order valence-electron chi connectivity index (χ0n) is 22.6. The van der Waals surface area contributed by atoms with Gasteiger partial charge in [-0.15, -0.1) is 0 Å². The third kappa shape index (κ3) is 4.60. The third-order valence-electron chi connectivity index (χ3n) is 7.11. The molecule has 1 aliphatic rings. The first-order valence-electron chi connectivity index (χ1n) is 12.9. The van der Waals surface area contributed by atoms with Crippen molar-refractivity contribution in [3.05, 3.63) is 113 Å². The highest BCUT2D eigenvalue weighted by molar-refractivity contribution is 7.07. The van der Waals surface area contributed by atoms with Crippen LogP contribution in [0.3, 0.4) is 0 Å². The smallest absolute Gasteiger partial charge is 0.271 e. The molecule has 5 rings (SSSR count). The standard InChI is InChI=1S/C30H28N4O5S/c1-5-32(6-2)29(36)25-18(3)31-30-33(27(25)26-22-13-8-7-11-20(22)14-15-23(26)39-4)28(35)24(40-30)17-19-10-9-12-21(16-19)34(37)38/h7-17,27H,5-6H2,1-4H3/b24-17+/t27-/m0/s1. The number of carbonyl (C=O) groups excluding carboxylic acids is 1. The number of hydrogen-bond acceptors (Lipinski definition) is 7. The van der Waals surface area contributed by atoms with Crippen molar-refractivity contribution in [3.63, 3.8) is 0 Å². The molecule has 0 saturated heterocycles. The molecular weight excluding hydrogens is 528 g/mol. The molecule has 10 heteroatoms. The second kappa shape index (κ2) is 10.9. The van der Waals surface area contributed by atoms with Gasteiger partial charge in [0.15, 0.2) is 4.80 Å². The van der Waals surface area contributed by atoms with Crippen molar-refractivity contribution in [1.29, 1.82) is 0 Å². The number of hydrogen-bond donors (Lipinski definition) is 0. The number of ether oxygens (including phenoxy) is 1. The fraction of sp³-hybridized carbons (Fsp3) is 0.233. The normalized spacial score (nSPS) is 15.1. The molecule has 1 amide bonds. The molecular formula is C30H28N4O5S. The second-order valence-electron chi connectivity index (χ2n) is 9.31. The highest BCUT2D eigenvalue weighted by Crippen LogP contribution is 2.40. The van der Waals surface area contributed by atoms with Crippen LogP contribution in [-0.2, 0) is 4.79 Å². The van der Waals surface area contributed by atoms with Gasteiger partial charge in [-0.1, -0.05) is 53.8 Å². The Kier molecular flexibility index (Phi) is 7.36. The van der Waals surface area contributed by atoms with Crippen molar-refractivity contribution in [2.75, 3.05) is 20.2 Å². The molecule has 9 nitrogen and oxygen atoms in total. The van der Waals surface area contributed by atoms with Crippen LogP contribution in [0.15, 0.2) is 81.7 Å². The predicted octanol–water partition coefficient (Wildman–Crippen LogP) is 4.17. The summed E-state index contributed by atoms with van der Waals surface area (Å²) < 4.78 is 7.73. The molecule has 1 aliphatic heterocycles. The number of rotatable bonds is 7. The van der Waals surface area contributed by atoms with Gasteiger partial charge in [0.05, 0.1) is 27.8 Å². The Morgan fingerprint density at radius 3 is 2.60 bits per heavy atom. The van der Waals surface area contributed by atoms with E-state index in [1.807, 2.05) is 50.2 Å². The maximum absolute atomic E-state index is 14.1. The molecule has 0 bridgehead atoms. The summed E-state index contributed by atoms with van der Waals surface area (Å²) in [7, 11) is 1.57. The quantitative estimate of drug-likeness (QED) is 0.251. The van der Waals surface area contributed by atoms with Crippen LogP contribution in [-0.4, -0.2) is 40.5 Å². The molecule has 0 unspecified atom stereocenters. The van der Waals surface area contributed by atoms with Crippen LogP contribution in [0.2, 0.25) is 0 Å². The van der Waals surface area contributed by atoms with Crippen molar-refractivity contribution in [2.24, 2.45) is 4.99 Å². The molecule has 0 fully saturated rings. The Morgan fingerprint density at radius 2 is 1.90 bits per heavy atom. The maximum atomic E-state index is 14.1. The average Bonchev–Trinajstić information content (AvgIpc) is 3.26. The summed E-state index contributed by atoms with van der Waals surface area (Å²) in [6.07, 6.45) is 1.62. The molecule has 3 aromatic carbocycles. The average molecular weight is 557 g/mol. The van der Waals surface area contributed by atoms with Gasteiger partial charge in [-0.25, -0.2) is 4.99 Å². The first-order valence-corrected chi connectivity index (χ1v) is 13.7. The number of thiazole rings is 1. The van der Waals surface area contributed by atoms with Crippen LogP contribution in [0.1, 0.15) is 37.9 Å². The molecule has 204 valence electrons. The number of nitrogens with zero attached hydrogens (tertiary/aromatic N) is 4. The Balaban J connectivity index is 1.84. The zero-order valence-corrected chi connectivity index (χ0v) is 23.4. The van der Waals surface area contributed by atoms with E-state index in [-0.39, 0.29) is 17.2 Å². The largest absolute Gasteiger partial charge is 0.496 e. The lowest BCUT2D eigenvalue weighted by atomic mass is 9.90. The minimum atomic E-state index is -0.794. The fourth-order valence-corrected chi connectivity index (χ4v) is 6.21. The van der Waals surface area contributed by atoms with E-state index in [0.29, 0.717) is 50.6 Å². The van der Waals surface area contributed by atoms with Gasteiger partial charge in [-0.05, 0) is 49.2 Å². The summed E-state index contributed by atoms with van der Waals surface area (Å²) >= 11 is 1.18. The van der Waals surface area contributed by atoms with E-state index in [1.54, 1.807) is 41.7 Å². The summed E-state index contributed by atoms with van der Waals surface area (Å²) in [4.78, 5) is 45.8. The molecule has 40 heavy (non-hydrogen) atoms. The van der Waals surface area contributed by atoms with Gasteiger partial charge in [0, 0.05) is 30.8 Å². The predicted molar refractivity (Wildman–Crippen MR) is 155 cm³/mol. The first kappa shape index (κ1) is 27.0. The molecule has 0 radical (unpaired) electrons. The molecule has 0 saturated carbocycles. The molecule has 2 heterocycles. The lowest BCUT2D eigenvalue weighted by molar-refractivity contribution is -0.384. The van der Waals surface area contributed by atoms with Gasteiger partial charge in [0.2, 0.25) is 0 Å². The van der Waals surface area contributed by atoms with Crippen LogP contribution >= 0.6 is 11.3 Å². The van der Waals surface area contributed by atoms with E-state index in [1.165, 1.54) is 23.5 Å². The topological polar surface area (TPSA) is 107 Å². The number of nitro benzene ring substituents is 1. The van der Waals surface area contributed by atoms with E-state index in [2.05, 4.69) is 0 Å². The maximum Gasteiger partial charge on any atom is 0.271 e. The Labute approximate surface area is 234 Å². The van der Waals surface area contributed by atoms with E-state index >= 15 is 0 Å².